The molecule has 0 fully saturated rings. The second-order valence-electron chi connectivity index (χ2n) is 2.91. The van der Waals surface area contributed by atoms with Crippen LogP contribution in [0, 0.1) is 23.2 Å². The summed E-state index contributed by atoms with van der Waals surface area (Å²) in [5.74, 6) is 5.64. The summed E-state index contributed by atoms with van der Waals surface area (Å²) in [6.07, 6.45) is 1.21. The molecule has 0 saturated carbocycles. The van der Waals surface area contributed by atoms with Gasteiger partial charge in [0.05, 0.1) is 12.5 Å². The Kier molecular flexibility index (Phi) is 3.58. The first-order valence-electron chi connectivity index (χ1n) is 4.52. The second kappa shape index (κ2) is 4.94. The summed E-state index contributed by atoms with van der Waals surface area (Å²) in [4.78, 5) is 0. The van der Waals surface area contributed by atoms with E-state index in [4.69, 9.17) is 11.0 Å². The molecule has 0 unspecified atom stereocenters. The Balaban J connectivity index is 2.98. The highest BCUT2D eigenvalue weighted by molar-refractivity contribution is 5.57. The number of nitrogens with zero attached hydrogens (tertiary/aromatic N) is 1. The fraction of sp³-hybridized carbons (Fsp3) is 0.250. The Bertz CT molecular complexity index is 416. The molecule has 0 aliphatic carbocycles. The zero-order chi connectivity index (χ0) is 10.4. The molecule has 0 aliphatic heterocycles. The Morgan fingerprint density at radius 1 is 1.43 bits per heavy atom. The quantitative estimate of drug-likeness (QED) is 0.536. The van der Waals surface area contributed by atoms with E-state index in [1.807, 2.05) is 24.3 Å². The zero-order valence-electron chi connectivity index (χ0n) is 8.17. The van der Waals surface area contributed by atoms with E-state index >= 15 is 0 Å². The highest BCUT2D eigenvalue weighted by Gasteiger charge is 1.96. The van der Waals surface area contributed by atoms with Crippen LogP contribution in [0.5, 0.6) is 0 Å². The molecule has 2 heteroatoms. The Hall–Kier alpha value is -1.93. The predicted molar refractivity (Wildman–Crippen MR) is 57.3 cm³/mol. The number of rotatable bonds is 1. The van der Waals surface area contributed by atoms with Crippen molar-refractivity contribution < 1.29 is 0 Å². The fourth-order valence-corrected chi connectivity index (χ4v) is 1.11. The lowest BCUT2D eigenvalue weighted by Crippen LogP contribution is -1.91. The van der Waals surface area contributed by atoms with Crippen LogP contribution in [-0.2, 0) is 6.42 Å². The number of hydrogen-bond donors (Lipinski definition) is 1. The number of aryl methyl sites for hydroxylation is 1. The normalized spacial score (nSPS) is 8.57. The van der Waals surface area contributed by atoms with E-state index in [9.17, 15) is 0 Å². The van der Waals surface area contributed by atoms with E-state index in [1.165, 1.54) is 5.56 Å². The van der Waals surface area contributed by atoms with Crippen molar-refractivity contribution in [2.75, 3.05) is 5.73 Å². The van der Waals surface area contributed by atoms with E-state index in [-0.39, 0.29) is 6.42 Å². The maximum absolute atomic E-state index is 8.33. The van der Waals surface area contributed by atoms with Gasteiger partial charge in [-0.15, -0.1) is 0 Å². The van der Waals surface area contributed by atoms with Crippen LogP contribution in [0.15, 0.2) is 18.2 Å². The van der Waals surface area contributed by atoms with Crippen LogP contribution >= 0.6 is 0 Å². The fourth-order valence-electron chi connectivity index (χ4n) is 1.11. The maximum atomic E-state index is 8.33. The van der Waals surface area contributed by atoms with E-state index in [0.29, 0.717) is 5.69 Å². The number of hydrogen-bond acceptors (Lipinski definition) is 2. The van der Waals surface area contributed by atoms with Crippen molar-refractivity contribution in [2.24, 2.45) is 0 Å². The molecule has 1 aromatic rings. The first kappa shape index (κ1) is 10.2. The maximum Gasteiger partial charge on any atom is 0.0966 e. The second-order valence-corrected chi connectivity index (χ2v) is 2.91. The van der Waals surface area contributed by atoms with Gasteiger partial charge in [-0.1, -0.05) is 24.8 Å². The highest BCUT2D eigenvalue weighted by Crippen LogP contribution is 2.13. The SMILES string of the molecule is CCc1ccc(N)c(C#CCC#N)c1. The molecule has 1 aromatic carbocycles. The van der Waals surface area contributed by atoms with Crippen molar-refractivity contribution in [3.05, 3.63) is 29.3 Å². The summed E-state index contributed by atoms with van der Waals surface area (Å²) < 4.78 is 0. The smallest absolute Gasteiger partial charge is 0.0966 e. The summed E-state index contributed by atoms with van der Waals surface area (Å²) in [5, 5.41) is 8.33. The van der Waals surface area contributed by atoms with E-state index < -0.39 is 0 Å². The molecule has 0 aliphatic rings. The molecule has 1 rings (SSSR count). The van der Waals surface area contributed by atoms with Gasteiger partial charge in [0.25, 0.3) is 0 Å². The minimum Gasteiger partial charge on any atom is -0.398 e. The molecule has 70 valence electrons. The van der Waals surface area contributed by atoms with E-state index in [0.717, 1.165) is 12.0 Å². The molecule has 0 bridgehead atoms. The summed E-state index contributed by atoms with van der Waals surface area (Å²) in [6, 6.07) is 7.79. The first-order chi connectivity index (χ1) is 6.77. The summed E-state index contributed by atoms with van der Waals surface area (Å²) in [5.41, 5.74) is 8.44. The molecule has 14 heavy (non-hydrogen) atoms. The van der Waals surface area contributed by atoms with Crippen molar-refractivity contribution in [1.29, 1.82) is 5.26 Å². The minimum atomic E-state index is 0.246. The van der Waals surface area contributed by atoms with Gasteiger partial charge in [-0.3, -0.25) is 0 Å². The molecular formula is C12H12N2. The molecular weight excluding hydrogens is 172 g/mol. The Morgan fingerprint density at radius 3 is 2.86 bits per heavy atom. The number of nitrogen functional groups attached to an aromatic ring is 1. The van der Waals surface area contributed by atoms with E-state index in [2.05, 4.69) is 18.8 Å². The van der Waals surface area contributed by atoms with Crippen molar-refractivity contribution in [3.63, 3.8) is 0 Å². The van der Waals surface area contributed by atoms with Gasteiger partial charge in [0.1, 0.15) is 0 Å². The number of benzene rings is 1. The molecule has 2 nitrogen and oxygen atoms in total. The number of nitrogens with two attached hydrogens (primary N) is 1. The van der Waals surface area contributed by atoms with Crippen LogP contribution in [0.3, 0.4) is 0 Å². The van der Waals surface area contributed by atoms with Gasteiger partial charge in [0.15, 0.2) is 0 Å². The van der Waals surface area contributed by atoms with Crippen molar-refractivity contribution in [2.45, 2.75) is 19.8 Å². The summed E-state index contributed by atoms with van der Waals surface area (Å²) >= 11 is 0. The lowest BCUT2D eigenvalue weighted by molar-refractivity contribution is 1.14. The monoisotopic (exact) mass is 184 g/mol. The first-order valence-corrected chi connectivity index (χ1v) is 4.52. The van der Waals surface area contributed by atoms with Crippen LogP contribution < -0.4 is 5.73 Å². The van der Waals surface area contributed by atoms with Gasteiger partial charge in [0.2, 0.25) is 0 Å². The topological polar surface area (TPSA) is 49.8 Å². The highest BCUT2D eigenvalue weighted by atomic mass is 14.5. The third-order valence-corrected chi connectivity index (χ3v) is 1.92. The van der Waals surface area contributed by atoms with Gasteiger partial charge in [-0.2, -0.15) is 5.26 Å². The van der Waals surface area contributed by atoms with Crippen LogP contribution in [0.2, 0.25) is 0 Å². The van der Waals surface area contributed by atoms with Crippen molar-refractivity contribution in [3.8, 4) is 17.9 Å². The summed E-state index contributed by atoms with van der Waals surface area (Å²) in [6.45, 7) is 2.08. The van der Waals surface area contributed by atoms with Gasteiger partial charge >= 0.3 is 0 Å². The van der Waals surface area contributed by atoms with Crippen molar-refractivity contribution >= 4 is 5.69 Å². The van der Waals surface area contributed by atoms with Gasteiger partial charge in [0, 0.05) is 11.3 Å². The van der Waals surface area contributed by atoms with E-state index in [1.54, 1.807) is 0 Å². The largest absolute Gasteiger partial charge is 0.398 e. The average molecular weight is 184 g/mol. The molecule has 0 amide bonds. The summed E-state index contributed by atoms with van der Waals surface area (Å²) in [7, 11) is 0. The zero-order valence-corrected chi connectivity index (χ0v) is 8.17. The third-order valence-electron chi connectivity index (χ3n) is 1.92. The molecule has 0 aromatic heterocycles. The average Bonchev–Trinajstić information content (AvgIpc) is 2.21. The number of anilines is 1. The number of nitriles is 1. The van der Waals surface area contributed by atoms with Crippen LogP contribution in [-0.4, -0.2) is 0 Å². The standard InChI is InChI=1S/C12H12N2/c1-2-10-6-7-12(14)11(9-10)5-3-4-8-13/h6-7,9H,2,4,14H2,1H3. The molecule has 0 radical (unpaired) electrons. The van der Waals surface area contributed by atoms with Crippen LogP contribution in [0.25, 0.3) is 0 Å². The van der Waals surface area contributed by atoms with Crippen LogP contribution in [0.1, 0.15) is 24.5 Å². The lowest BCUT2D eigenvalue weighted by Gasteiger charge is -2.00. The van der Waals surface area contributed by atoms with Crippen LogP contribution in [0.4, 0.5) is 5.69 Å². The van der Waals surface area contributed by atoms with Gasteiger partial charge in [-0.05, 0) is 24.1 Å². The minimum absolute atomic E-state index is 0.246. The van der Waals surface area contributed by atoms with Gasteiger partial charge in [-0.25, -0.2) is 0 Å². The predicted octanol–water partition coefficient (Wildman–Crippen LogP) is 2.10. The van der Waals surface area contributed by atoms with Gasteiger partial charge < -0.3 is 5.73 Å². The molecule has 0 spiro atoms. The molecule has 0 atom stereocenters. The Morgan fingerprint density at radius 2 is 2.21 bits per heavy atom. The molecule has 2 N–H and O–H groups in total. The third kappa shape index (κ3) is 2.54. The molecule has 0 heterocycles. The van der Waals surface area contributed by atoms with Crippen molar-refractivity contribution in [1.82, 2.24) is 0 Å². The molecule has 0 saturated heterocycles. The lowest BCUT2D eigenvalue weighted by atomic mass is 10.1. The Labute approximate surface area is 84.4 Å².